The number of carbonyl (C=O) groups excluding carboxylic acids is 1. The second kappa shape index (κ2) is 15.8. The molecule has 0 saturated carbocycles. The summed E-state index contributed by atoms with van der Waals surface area (Å²) in [5, 5.41) is 9.89. The molecule has 0 aromatic heterocycles. The van der Waals surface area contributed by atoms with Crippen molar-refractivity contribution in [2.24, 2.45) is 5.73 Å². The van der Waals surface area contributed by atoms with Crippen LogP contribution in [0.1, 0.15) is 103 Å². The number of carbonyl (C=O) groups is 1. The predicted molar refractivity (Wildman–Crippen MR) is 90.1 cm³/mol. The van der Waals surface area contributed by atoms with Gasteiger partial charge in [-0.1, -0.05) is 77.6 Å². The summed E-state index contributed by atoms with van der Waals surface area (Å²) in [7, 11) is 0. The number of amides is 1. The van der Waals surface area contributed by atoms with Crippen molar-refractivity contribution in [2.45, 2.75) is 109 Å². The molecular formula is C18H37NO2. The number of unbranched alkanes of at least 4 members (excludes halogenated alkanes) is 10. The molecule has 21 heavy (non-hydrogen) atoms. The van der Waals surface area contributed by atoms with Crippen LogP contribution in [-0.4, -0.2) is 17.1 Å². The van der Waals surface area contributed by atoms with E-state index in [4.69, 9.17) is 5.73 Å². The van der Waals surface area contributed by atoms with Gasteiger partial charge in [-0.3, -0.25) is 4.79 Å². The van der Waals surface area contributed by atoms with E-state index in [1.54, 1.807) is 0 Å². The van der Waals surface area contributed by atoms with Gasteiger partial charge in [0, 0.05) is 6.42 Å². The van der Waals surface area contributed by atoms with E-state index >= 15 is 0 Å². The minimum Gasteiger partial charge on any atom is -0.393 e. The molecular weight excluding hydrogens is 262 g/mol. The van der Waals surface area contributed by atoms with Crippen LogP contribution >= 0.6 is 0 Å². The predicted octanol–water partition coefficient (Wildman–Crippen LogP) is 4.70. The maximum atomic E-state index is 10.6. The van der Waals surface area contributed by atoms with Crippen LogP contribution in [0.5, 0.6) is 0 Å². The first kappa shape index (κ1) is 20.4. The molecule has 0 aliphatic rings. The Morgan fingerprint density at radius 3 is 1.71 bits per heavy atom. The van der Waals surface area contributed by atoms with Gasteiger partial charge in [-0.25, -0.2) is 0 Å². The molecule has 0 radical (unpaired) electrons. The monoisotopic (exact) mass is 299 g/mol. The van der Waals surface area contributed by atoms with E-state index in [-0.39, 0.29) is 12.0 Å². The highest BCUT2D eigenvalue weighted by Gasteiger charge is 2.03. The molecule has 0 heterocycles. The summed E-state index contributed by atoms with van der Waals surface area (Å²) in [4.78, 5) is 10.6. The molecule has 1 amide bonds. The minimum atomic E-state index is -0.182. The molecule has 3 heteroatoms. The Morgan fingerprint density at radius 1 is 0.810 bits per heavy atom. The van der Waals surface area contributed by atoms with Crippen LogP contribution in [0.15, 0.2) is 0 Å². The number of primary amides is 1. The van der Waals surface area contributed by atoms with Crippen molar-refractivity contribution < 1.29 is 9.90 Å². The standard InChI is InChI=1S/C18H37NO2/c1-2-3-4-8-11-14-17(20)15-12-9-6-5-7-10-13-16-18(19)21/h17,20H,2-16H2,1H3,(H2,19,21). The van der Waals surface area contributed by atoms with Crippen molar-refractivity contribution in [3.05, 3.63) is 0 Å². The Kier molecular flexibility index (Phi) is 15.4. The molecule has 1 unspecified atom stereocenters. The Hall–Kier alpha value is -0.570. The molecule has 3 nitrogen and oxygen atoms in total. The SMILES string of the molecule is CCCCCCCC(O)CCCCCCCCCC(N)=O. The van der Waals surface area contributed by atoms with E-state index in [0.717, 1.165) is 32.1 Å². The number of hydrogen-bond acceptors (Lipinski definition) is 2. The van der Waals surface area contributed by atoms with Gasteiger partial charge < -0.3 is 10.8 Å². The zero-order valence-corrected chi connectivity index (χ0v) is 14.1. The van der Waals surface area contributed by atoms with Crippen molar-refractivity contribution in [1.29, 1.82) is 0 Å². The highest BCUT2D eigenvalue weighted by molar-refractivity contribution is 5.73. The molecule has 0 aromatic carbocycles. The summed E-state index contributed by atoms with van der Waals surface area (Å²) in [6, 6.07) is 0. The number of aliphatic hydroxyl groups excluding tert-OH is 1. The van der Waals surface area contributed by atoms with E-state index in [1.165, 1.54) is 57.8 Å². The largest absolute Gasteiger partial charge is 0.393 e. The van der Waals surface area contributed by atoms with Crippen molar-refractivity contribution in [3.63, 3.8) is 0 Å². The van der Waals surface area contributed by atoms with E-state index in [9.17, 15) is 9.90 Å². The molecule has 0 saturated heterocycles. The lowest BCUT2D eigenvalue weighted by atomic mass is 10.0. The number of hydrogen-bond donors (Lipinski definition) is 2. The number of nitrogens with two attached hydrogens (primary N) is 1. The topological polar surface area (TPSA) is 63.3 Å². The molecule has 0 rings (SSSR count). The molecule has 0 spiro atoms. The lowest BCUT2D eigenvalue weighted by molar-refractivity contribution is -0.118. The Balaban J connectivity index is 3.14. The van der Waals surface area contributed by atoms with Gasteiger partial charge in [0.15, 0.2) is 0 Å². The van der Waals surface area contributed by atoms with E-state index in [0.29, 0.717) is 6.42 Å². The maximum absolute atomic E-state index is 10.6. The third-order valence-corrected chi connectivity index (χ3v) is 4.10. The normalized spacial score (nSPS) is 12.5. The van der Waals surface area contributed by atoms with Crippen molar-refractivity contribution >= 4 is 5.91 Å². The molecule has 1 atom stereocenters. The van der Waals surface area contributed by atoms with Crippen LogP contribution in [0.2, 0.25) is 0 Å². The van der Waals surface area contributed by atoms with E-state index < -0.39 is 0 Å². The first-order valence-electron chi connectivity index (χ1n) is 9.13. The zero-order valence-electron chi connectivity index (χ0n) is 14.1. The number of rotatable bonds is 16. The third kappa shape index (κ3) is 17.4. The van der Waals surface area contributed by atoms with Crippen molar-refractivity contribution in [3.8, 4) is 0 Å². The van der Waals surface area contributed by atoms with E-state index in [2.05, 4.69) is 6.92 Å². The van der Waals surface area contributed by atoms with Gasteiger partial charge in [-0.05, 0) is 19.3 Å². The second-order valence-electron chi connectivity index (χ2n) is 6.34. The van der Waals surface area contributed by atoms with Crippen LogP contribution in [0.25, 0.3) is 0 Å². The first-order valence-corrected chi connectivity index (χ1v) is 9.13. The fraction of sp³-hybridized carbons (Fsp3) is 0.944. The van der Waals surface area contributed by atoms with Gasteiger partial charge >= 0.3 is 0 Å². The molecule has 3 N–H and O–H groups in total. The Morgan fingerprint density at radius 2 is 1.24 bits per heavy atom. The van der Waals surface area contributed by atoms with E-state index in [1.807, 2.05) is 0 Å². The highest BCUT2D eigenvalue weighted by atomic mass is 16.3. The fourth-order valence-electron chi connectivity index (χ4n) is 2.69. The summed E-state index contributed by atoms with van der Waals surface area (Å²) in [5.74, 6) is -0.182. The fourth-order valence-corrected chi connectivity index (χ4v) is 2.69. The molecule has 126 valence electrons. The average Bonchev–Trinajstić information content (AvgIpc) is 2.45. The molecule has 0 aromatic rings. The van der Waals surface area contributed by atoms with Gasteiger partial charge in [0.05, 0.1) is 6.10 Å². The average molecular weight is 299 g/mol. The highest BCUT2D eigenvalue weighted by Crippen LogP contribution is 2.14. The molecule has 0 bridgehead atoms. The van der Waals surface area contributed by atoms with Crippen LogP contribution in [-0.2, 0) is 4.79 Å². The smallest absolute Gasteiger partial charge is 0.217 e. The lowest BCUT2D eigenvalue weighted by Crippen LogP contribution is -2.09. The van der Waals surface area contributed by atoms with Gasteiger partial charge in [-0.2, -0.15) is 0 Å². The quantitative estimate of drug-likeness (QED) is 0.406. The summed E-state index contributed by atoms with van der Waals surface area (Å²) < 4.78 is 0. The van der Waals surface area contributed by atoms with Crippen molar-refractivity contribution in [1.82, 2.24) is 0 Å². The Labute approximate surface area is 131 Å². The van der Waals surface area contributed by atoms with Crippen LogP contribution in [0, 0.1) is 0 Å². The van der Waals surface area contributed by atoms with Crippen LogP contribution in [0.4, 0.5) is 0 Å². The third-order valence-electron chi connectivity index (χ3n) is 4.10. The van der Waals surface area contributed by atoms with Crippen LogP contribution in [0.3, 0.4) is 0 Å². The van der Waals surface area contributed by atoms with Gasteiger partial charge in [0.2, 0.25) is 5.91 Å². The second-order valence-corrected chi connectivity index (χ2v) is 6.34. The minimum absolute atomic E-state index is 0.0813. The maximum Gasteiger partial charge on any atom is 0.217 e. The summed E-state index contributed by atoms with van der Waals surface area (Å²) >= 11 is 0. The summed E-state index contributed by atoms with van der Waals surface area (Å²) in [5.41, 5.74) is 5.10. The molecule has 0 aliphatic carbocycles. The van der Waals surface area contributed by atoms with Gasteiger partial charge in [0.25, 0.3) is 0 Å². The first-order chi connectivity index (χ1) is 10.2. The molecule has 0 fully saturated rings. The van der Waals surface area contributed by atoms with Crippen LogP contribution < -0.4 is 5.73 Å². The summed E-state index contributed by atoms with van der Waals surface area (Å²) in [6.07, 6.45) is 16.9. The zero-order chi connectivity index (χ0) is 15.8. The number of aliphatic hydroxyl groups is 1. The summed E-state index contributed by atoms with van der Waals surface area (Å²) in [6.45, 7) is 2.23. The molecule has 0 aliphatic heterocycles. The lowest BCUT2D eigenvalue weighted by Gasteiger charge is -2.10. The van der Waals surface area contributed by atoms with Crippen molar-refractivity contribution in [2.75, 3.05) is 0 Å². The van der Waals surface area contributed by atoms with Gasteiger partial charge in [-0.15, -0.1) is 0 Å². The van der Waals surface area contributed by atoms with Gasteiger partial charge in [0.1, 0.15) is 0 Å². The Bertz CT molecular complexity index is 231.